The van der Waals surface area contributed by atoms with E-state index in [1.807, 2.05) is 54.6 Å². The van der Waals surface area contributed by atoms with E-state index in [0.717, 1.165) is 69.9 Å². The van der Waals surface area contributed by atoms with Crippen molar-refractivity contribution < 1.29 is 9.53 Å². The number of unbranched alkanes of at least 4 members (excludes halogenated alkanes) is 1. The Kier molecular flexibility index (Phi) is 12.1. The molecule has 5 rings (SSSR count). The van der Waals surface area contributed by atoms with Crippen LogP contribution in [0.5, 0.6) is 5.75 Å². The lowest BCUT2D eigenvalue weighted by Crippen LogP contribution is -2.12. The molecule has 0 saturated heterocycles. The Morgan fingerprint density at radius 2 is 1.04 bits per heavy atom. The molecule has 1 atom stereocenters. The number of hydrogen-bond acceptors (Lipinski definition) is 3. The molecular formula is C45H41NO2. The van der Waals surface area contributed by atoms with Crippen LogP contribution in [0.1, 0.15) is 77.7 Å². The van der Waals surface area contributed by atoms with Crippen LogP contribution >= 0.6 is 0 Å². The molecule has 0 bridgehead atoms. The third-order valence-electron chi connectivity index (χ3n) is 8.27. The van der Waals surface area contributed by atoms with Gasteiger partial charge in [0.15, 0.2) is 0 Å². The highest BCUT2D eigenvalue weighted by Crippen LogP contribution is 2.35. The Labute approximate surface area is 285 Å². The summed E-state index contributed by atoms with van der Waals surface area (Å²) < 4.78 is 6.22. The Bertz CT molecular complexity index is 1780. The molecule has 5 aromatic carbocycles. The summed E-state index contributed by atoms with van der Waals surface area (Å²) in [5.41, 5.74) is 8.44. The fraction of sp³-hybridized carbons (Fsp3) is 0.178. The van der Waals surface area contributed by atoms with Gasteiger partial charge in [0.1, 0.15) is 12.0 Å². The van der Waals surface area contributed by atoms with Crippen LogP contribution in [0.15, 0.2) is 128 Å². The van der Waals surface area contributed by atoms with Gasteiger partial charge in [-0.2, -0.15) is 0 Å². The van der Waals surface area contributed by atoms with Crippen LogP contribution in [0, 0.1) is 29.6 Å². The normalized spacial score (nSPS) is 10.9. The van der Waals surface area contributed by atoms with Crippen LogP contribution in [0.25, 0.3) is 6.08 Å². The van der Waals surface area contributed by atoms with Crippen molar-refractivity contribution in [3.8, 4) is 29.4 Å². The molecule has 0 aliphatic carbocycles. The molecule has 0 heterocycles. The minimum absolute atomic E-state index is 0.576. The molecule has 238 valence electrons. The lowest BCUT2D eigenvalue weighted by Gasteiger charge is -2.26. The lowest BCUT2D eigenvalue weighted by atomic mass is 10.0. The lowest BCUT2D eigenvalue weighted by molar-refractivity contribution is 0.112. The van der Waals surface area contributed by atoms with E-state index in [4.69, 9.17) is 4.74 Å². The predicted molar refractivity (Wildman–Crippen MR) is 200 cm³/mol. The van der Waals surface area contributed by atoms with E-state index in [0.29, 0.717) is 11.5 Å². The van der Waals surface area contributed by atoms with E-state index < -0.39 is 0 Å². The first-order valence-electron chi connectivity index (χ1n) is 16.6. The smallest absolute Gasteiger partial charge is 0.150 e. The van der Waals surface area contributed by atoms with Gasteiger partial charge in [-0.3, -0.25) is 4.79 Å². The molecule has 0 radical (unpaired) electrons. The maximum Gasteiger partial charge on any atom is 0.150 e. The van der Waals surface area contributed by atoms with E-state index in [-0.39, 0.29) is 0 Å². The average Bonchev–Trinajstić information content (AvgIpc) is 3.15. The third-order valence-corrected chi connectivity index (χ3v) is 8.27. The molecule has 3 heteroatoms. The number of carbonyl (C=O) groups is 1. The number of carbonyl (C=O) groups excluding carboxylic acids is 1. The van der Waals surface area contributed by atoms with Crippen LogP contribution in [0.3, 0.4) is 0 Å². The molecule has 0 aliphatic rings. The summed E-state index contributed by atoms with van der Waals surface area (Å²) in [5.74, 6) is 14.4. The van der Waals surface area contributed by atoms with Gasteiger partial charge in [0.2, 0.25) is 0 Å². The van der Waals surface area contributed by atoms with Gasteiger partial charge in [-0.1, -0.05) is 93.7 Å². The van der Waals surface area contributed by atoms with E-state index >= 15 is 0 Å². The molecule has 0 amide bonds. The monoisotopic (exact) mass is 627 g/mol. The van der Waals surface area contributed by atoms with Gasteiger partial charge < -0.3 is 9.64 Å². The van der Waals surface area contributed by atoms with Crippen molar-refractivity contribution in [2.24, 2.45) is 5.92 Å². The largest absolute Gasteiger partial charge is 0.493 e. The molecule has 0 aliphatic heterocycles. The average molecular weight is 628 g/mol. The highest BCUT2D eigenvalue weighted by atomic mass is 16.5. The molecule has 3 nitrogen and oxygen atoms in total. The van der Waals surface area contributed by atoms with E-state index in [2.05, 4.69) is 110 Å². The van der Waals surface area contributed by atoms with Crippen molar-refractivity contribution in [3.63, 3.8) is 0 Å². The Morgan fingerprint density at radius 1 is 0.625 bits per heavy atom. The van der Waals surface area contributed by atoms with Gasteiger partial charge in [-0.25, -0.2) is 0 Å². The topological polar surface area (TPSA) is 29.5 Å². The maximum atomic E-state index is 11.0. The van der Waals surface area contributed by atoms with Crippen molar-refractivity contribution in [1.82, 2.24) is 0 Å². The minimum atomic E-state index is 0.576. The number of hydrogen-bond donors (Lipinski definition) is 0. The molecule has 48 heavy (non-hydrogen) atoms. The molecule has 0 saturated carbocycles. The zero-order chi connectivity index (χ0) is 33.6. The zero-order valence-electron chi connectivity index (χ0n) is 27.8. The fourth-order valence-electron chi connectivity index (χ4n) is 5.27. The van der Waals surface area contributed by atoms with Crippen LogP contribution in [0.2, 0.25) is 0 Å². The highest BCUT2D eigenvalue weighted by molar-refractivity contribution is 5.77. The molecule has 1 unspecified atom stereocenters. The van der Waals surface area contributed by atoms with Crippen molar-refractivity contribution in [3.05, 3.63) is 161 Å². The number of ether oxygens (including phenoxy) is 1. The summed E-state index contributed by atoms with van der Waals surface area (Å²) in [6.45, 7) is 9.04. The second-order valence-electron chi connectivity index (χ2n) is 11.7. The summed E-state index contributed by atoms with van der Waals surface area (Å²) in [4.78, 5) is 13.2. The van der Waals surface area contributed by atoms with Crippen LogP contribution in [-0.4, -0.2) is 12.9 Å². The zero-order valence-corrected chi connectivity index (χ0v) is 27.8. The second-order valence-corrected chi connectivity index (χ2v) is 11.7. The Balaban J connectivity index is 1.39. The number of anilines is 3. The predicted octanol–water partition coefficient (Wildman–Crippen LogP) is 11.0. The van der Waals surface area contributed by atoms with Gasteiger partial charge in [-0.05, 0) is 115 Å². The molecule has 5 aromatic rings. The van der Waals surface area contributed by atoms with Crippen LogP contribution in [-0.2, 0) is 0 Å². The highest BCUT2D eigenvalue weighted by Gasteiger charge is 2.13. The minimum Gasteiger partial charge on any atom is -0.493 e. The fourth-order valence-corrected chi connectivity index (χ4v) is 5.27. The van der Waals surface area contributed by atoms with Crippen molar-refractivity contribution >= 4 is 29.4 Å². The first-order chi connectivity index (χ1) is 23.6. The first kappa shape index (κ1) is 33.6. The number of aldehydes is 1. The molecule has 0 aromatic heterocycles. The first-order valence-corrected chi connectivity index (χ1v) is 16.6. The summed E-state index contributed by atoms with van der Waals surface area (Å²) in [6, 6.07) is 40.2. The summed E-state index contributed by atoms with van der Waals surface area (Å²) >= 11 is 0. The number of benzene rings is 5. The van der Waals surface area contributed by atoms with Gasteiger partial charge in [-0.15, -0.1) is 0 Å². The summed E-state index contributed by atoms with van der Waals surface area (Å²) in [7, 11) is 0. The van der Waals surface area contributed by atoms with Gasteiger partial charge in [0.25, 0.3) is 0 Å². The van der Waals surface area contributed by atoms with Crippen molar-refractivity contribution in [2.45, 2.75) is 39.5 Å². The number of rotatable bonds is 12. The molecule has 0 N–H and O–H groups in total. The SMILES string of the molecule is C=Cc1ccc(C#Cc2ccc(N(c3ccc(C#Cc4ccc(C=O)cc4)cc3)c3ccc(OCC(CC)CCCC)cc3)cc2)cc1. The van der Waals surface area contributed by atoms with Gasteiger partial charge >= 0.3 is 0 Å². The quantitative estimate of drug-likeness (QED) is 0.102. The molecular weight excluding hydrogens is 587 g/mol. The third kappa shape index (κ3) is 9.38. The van der Waals surface area contributed by atoms with E-state index in [1.54, 1.807) is 12.1 Å². The van der Waals surface area contributed by atoms with Crippen LogP contribution < -0.4 is 9.64 Å². The van der Waals surface area contributed by atoms with E-state index in [9.17, 15) is 4.79 Å². The van der Waals surface area contributed by atoms with Crippen molar-refractivity contribution in [1.29, 1.82) is 0 Å². The molecule has 0 fully saturated rings. The van der Waals surface area contributed by atoms with Gasteiger partial charge in [0, 0.05) is 44.9 Å². The van der Waals surface area contributed by atoms with E-state index in [1.165, 1.54) is 19.3 Å². The molecule has 0 spiro atoms. The summed E-state index contributed by atoms with van der Waals surface area (Å²) in [6.07, 6.45) is 7.44. The standard InChI is InChI=1S/C45H41NO2/c1-4-7-8-36(6-3)34-48-45-31-29-44(30-32-45)46(42-25-21-39(22-26-42)15-13-37-11-9-35(5-2)10-12-37)43-27-23-40(24-28-43)16-14-38-17-19-41(33-47)20-18-38/h5,9-12,17-33,36H,2,4,6-8,34H2,1,3H3. The van der Waals surface area contributed by atoms with Gasteiger partial charge in [0.05, 0.1) is 6.61 Å². The number of nitrogens with zero attached hydrogens (tertiary/aromatic N) is 1. The Morgan fingerprint density at radius 3 is 1.44 bits per heavy atom. The van der Waals surface area contributed by atoms with Crippen LogP contribution in [0.4, 0.5) is 17.1 Å². The Hall–Kier alpha value is -5.77. The second kappa shape index (κ2) is 17.2. The maximum absolute atomic E-state index is 11.0. The van der Waals surface area contributed by atoms with Crippen molar-refractivity contribution in [2.75, 3.05) is 11.5 Å². The summed E-state index contributed by atoms with van der Waals surface area (Å²) in [5, 5.41) is 0.